The first-order chi connectivity index (χ1) is 13.0. The molecule has 0 aliphatic carbocycles. The minimum atomic E-state index is -0.192. The summed E-state index contributed by atoms with van der Waals surface area (Å²) >= 11 is 7.53. The van der Waals surface area contributed by atoms with E-state index in [-0.39, 0.29) is 5.91 Å². The summed E-state index contributed by atoms with van der Waals surface area (Å²) in [7, 11) is 1.80. The zero-order valence-electron chi connectivity index (χ0n) is 14.8. The van der Waals surface area contributed by atoms with Crippen LogP contribution in [0.3, 0.4) is 0 Å². The lowest BCUT2D eigenvalue weighted by Crippen LogP contribution is -2.31. The van der Waals surface area contributed by atoms with E-state index in [0.717, 1.165) is 21.3 Å². The molecule has 6 nitrogen and oxygen atoms in total. The summed E-state index contributed by atoms with van der Waals surface area (Å²) in [5.74, 6) is -0.192. The molecule has 0 saturated carbocycles. The van der Waals surface area contributed by atoms with Crippen LogP contribution >= 0.6 is 22.9 Å². The van der Waals surface area contributed by atoms with Crippen molar-refractivity contribution in [3.63, 3.8) is 0 Å². The molecule has 136 valence electrons. The highest BCUT2D eigenvalue weighted by atomic mass is 35.5. The van der Waals surface area contributed by atoms with Gasteiger partial charge in [-0.15, -0.1) is 0 Å². The maximum atomic E-state index is 13.3. The highest BCUT2D eigenvalue weighted by Gasteiger charge is 2.25. The fraction of sp³-hybridized carbons (Fsp3) is 0.158. The maximum absolute atomic E-state index is 13.3. The Morgan fingerprint density at radius 1 is 1.33 bits per heavy atom. The van der Waals surface area contributed by atoms with Gasteiger partial charge >= 0.3 is 0 Å². The normalized spacial score (nSPS) is 11.1. The maximum Gasteiger partial charge on any atom is 0.281 e. The molecule has 27 heavy (non-hydrogen) atoms. The van der Waals surface area contributed by atoms with Crippen LogP contribution in [0, 0.1) is 6.92 Å². The van der Waals surface area contributed by atoms with Crippen molar-refractivity contribution < 1.29 is 4.79 Å². The summed E-state index contributed by atoms with van der Waals surface area (Å²) < 4.78 is 2.57. The molecular formula is C19H16ClN5OS. The van der Waals surface area contributed by atoms with Crippen LogP contribution in [0.4, 0.5) is 5.13 Å². The Morgan fingerprint density at radius 3 is 2.89 bits per heavy atom. The summed E-state index contributed by atoms with van der Waals surface area (Å²) in [4.78, 5) is 23.7. The number of pyridine rings is 1. The topological polar surface area (TPSA) is 63.9 Å². The highest BCUT2D eigenvalue weighted by Crippen LogP contribution is 2.32. The van der Waals surface area contributed by atoms with E-state index in [1.54, 1.807) is 35.1 Å². The van der Waals surface area contributed by atoms with Gasteiger partial charge in [0.15, 0.2) is 10.8 Å². The number of rotatable bonds is 4. The Labute approximate surface area is 165 Å². The predicted octanol–water partition coefficient (Wildman–Crippen LogP) is 4.23. The Balaban J connectivity index is 1.79. The first-order valence-corrected chi connectivity index (χ1v) is 9.48. The zero-order valence-corrected chi connectivity index (χ0v) is 16.3. The van der Waals surface area contributed by atoms with Gasteiger partial charge in [0, 0.05) is 36.2 Å². The van der Waals surface area contributed by atoms with Crippen LogP contribution in [0.25, 0.3) is 10.2 Å². The number of hydrogen-bond donors (Lipinski definition) is 0. The Hall–Kier alpha value is -2.77. The van der Waals surface area contributed by atoms with E-state index in [9.17, 15) is 4.79 Å². The molecule has 0 atom stereocenters. The van der Waals surface area contributed by atoms with Crippen LogP contribution < -0.4 is 4.90 Å². The van der Waals surface area contributed by atoms with Gasteiger partial charge in [0.1, 0.15) is 0 Å². The summed E-state index contributed by atoms with van der Waals surface area (Å²) in [6.07, 6.45) is 5.28. The molecule has 0 aliphatic heterocycles. The van der Waals surface area contributed by atoms with Gasteiger partial charge in [0.25, 0.3) is 5.91 Å². The lowest BCUT2D eigenvalue weighted by molar-refractivity contribution is 0.0979. The van der Waals surface area contributed by atoms with E-state index < -0.39 is 0 Å². The first kappa shape index (κ1) is 17.6. The number of carbonyl (C=O) groups excluding carboxylic acids is 1. The number of hydrogen-bond acceptors (Lipinski definition) is 5. The van der Waals surface area contributed by atoms with Crippen molar-refractivity contribution in [1.29, 1.82) is 0 Å². The summed E-state index contributed by atoms with van der Waals surface area (Å²) in [5.41, 5.74) is 2.96. The lowest BCUT2D eigenvalue weighted by Gasteiger charge is -2.19. The summed E-state index contributed by atoms with van der Waals surface area (Å²) in [6, 6.07) is 9.29. The molecule has 4 aromatic rings. The molecule has 0 bridgehead atoms. The van der Waals surface area contributed by atoms with Gasteiger partial charge in [0.2, 0.25) is 0 Å². The number of benzene rings is 1. The van der Waals surface area contributed by atoms with E-state index in [1.807, 2.05) is 37.4 Å². The molecule has 8 heteroatoms. The molecule has 0 fully saturated rings. The molecule has 3 heterocycles. The first-order valence-electron chi connectivity index (χ1n) is 8.28. The van der Waals surface area contributed by atoms with E-state index in [2.05, 4.69) is 15.1 Å². The molecule has 0 unspecified atom stereocenters. The third-order valence-corrected chi connectivity index (χ3v) is 5.37. The van der Waals surface area contributed by atoms with Crippen LogP contribution in [0.5, 0.6) is 0 Å². The van der Waals surface area contributed by atoms with Gasteiger partial charge in [-0.2, -0.15) is 5.10 Å². The summed E-state index contributed by atoms with van der Waals surface area (Å²) in [5, 5.41) is 5.58. The molecule has 0 aliphatic rings. The number of halogens is 1. The van der Waals surface area contributed by atoms with Crippen LogP contribution in [0.2, 0.25) is 5.02 Å². The molecule has 4 rings (SSSR count). The SMILES string of the molecule is Cc1cn(C)nc1C(=O)N(Cc1cccnc1)c1nc2ccc(Cl)cc2s1. The second-order valence-electron chi connectivity index (χ2n) is 6.20. The summed E-state index contributed by atoms with van der Waals surface area (Å²) in [6.45, 7) is 2.23. The molecule has 1 aromatic carbocycles. The van der Waals surface area contributed by atoms with Crippen molar-refractivity contribution in [2.24, 2.45) is 7.05 Å². The van der Waals surface area contributed by atoms with Crippen molar-refractivity contribution >= 4 is 44.2 Å². The average Bonchev–Trinajstić information content (AvgIpc) is 3.22. The fourth-order valence-corrected chi connectivity index (χ4v) is 4.09. The van der Waals surface area contributed by atoms with E-state index in [1.165, 1.54) is 11.3 Å². The van der Waals surface area contributed by atoms with Crippen molar-refractivity contribution in [3.8, 4) is 0 Å². The van der Waals surface area contributed by atoms with Crippen molar-refractivity contribution in [2.45, 2.75) is 13.5 Å². The van der Waals surface area contributed by atoms with Gasteiger partial charge in [-0.25, -0.2) is 4.98 Å². The Morgan fingerprint density at radius 2 is 2.19 bits per heavy atom. The van der Waals surface area contributed by atoms with Crippen LogP contribution in [0.1, 0.15) is 21.6 Å². The van der Waals surface area contributed by atoms with Crippen LogP contribution in [-0.2, 0) is 13.6 Å². The fourth-order valence-electron chi connectivity index (χ4n) is 2.85. The monoisotopic (exact) mass is 397 g/mol. The number of amides is 1. The predicted molar refractivity (Wildman–Crippen MR) is 107 cm³/mol. The molecular weight excluding hydrogens is 382 g/mol. The number of fused-ring (bicyclic) bond motifs is 1. The van der Waals surface area contributed by atoms with Gasteiger partial charge < -0.3 is 0 Å². The lowest BCUT2D eigenvalue weighted by atomic mass is 10.2. The molecule has 0 N–H and O–H groups in total. The molecule has 1 amide bonds. The van der Waals surface area contributed by atoms with Gasteiger partial charge in [-0.05, 0) is 36.8 Å². The number of thiazole rings is 1. The van der Waals surface area contributed by atoms with Crippen molar-refractivity contribution in [3.05, 3.63) is 70.8 Å². The highest BCUT2D eigenvalue weighted by molar-refractivity contribution is 7.22. The number of nitrogens with zero attached hydrogens (tertiary/aromatic N) is 5. The van der Waals surface area contributed by atoms with Crippen LogP contribution in [-0.4, -0.2) is 25.7 Å². The van der Waals surface area contributed by atoms with Gasteiger partial charge in [-0.3, -0.25) is 19.4 Å². The second kappa shape index (κ2) is 7.09. The largest absolute Gasteiger partial charge is 0.281 e. The zero-order chi connectivity index (χ0) is 19.0. The van der Waals surface area contributed by atoms with E-state index >= 15 is 0 Å². The third kappa shape index (κ3) is 3.56. The van der Waals surface area contributed by atoms with E-state index in [4.69, 9.17) is 11.6 Å². The number of anilines is 1. The number of aryl methyl sites for hydroxylation is 2. The van der Waals surface area contributed by atoms with Gasteiger partial charge in [-0.1, -0.05) is 29.0 Å². The molecule has 3 aromatic heterocycles. The quantitative estimate of drug-likeness (QED) is 0.516. The van der Waals surface area contributed by atoms with Crippen LogP contribution in [0.15, 0.2) is 48.9 Å². The molecule has 0 saturated heterocycles. The smallest absolute Gasteiger partial charge is 0.278 e. The van der Waals surface area contributed by atoms with Crippen molar-refractivity contribution in [1.82, 2.24) is 19.7 Å². The Kier molecular flexibility index (Phi) is 4.63. The Bertz CT molecular complexity index is 1120. The minimum Gasteiger partial charge on any atom is -0.278 e. The average molecular weight is 398 g/mol. The second-order valence-corrected chi connectivity index (χ2v) is 7.64. The number of aromatic nitrogens is 4. The number of carbonyl (C=O) groups is 1. The van der Waals surface area contributed by atoms with E-state index in [0.29, 0.717) is 22.4 Å². The third-order valence-electron chi connectivity index (χ3n) is 4.09. The minimum absolute atomic E-state index is 0.192. The standard InChI is InChI=1S/C19H16ClN5OS/c1-12-10-24(2)23-17(12)18(26)25(11-13-4-3-7-21-9-13)19-22-15-6-5-14(20)8-16(15)27-19/h3-10H,11H2,1-2H3. The van der Waals surface area contributed by atoms with Gasteiger partial charge in [0.05, 0.1) is 16.8 Å². The molecule has 0 spiro atoms. The molecule has 0 radical (unpaired) electrons. The van der Waals surface area contributed by atoms with Crippen molar-refractivity contribution in [2.75, 3.05) is 4.90 Å².